The molecule has 1 aromatic carbocycles. The zero-order valence-corrected chi connectivity index (χ0v) is 9.47. The second-order valence-electron chi connectivity index (χ2n) is 4.13. The molecule has 1 aromatic rings. The van der Waals surface area contributed by atoms with Gasteiger partial charge in [-0.3, -0.25) is 4.79 Å². The highest BCUT2D eigenvalue weighted by atomic mass is 35.5. The molecule has 1 N–H and O–H groups in total. The van der Waals surface area contributed by atoms with Crippen LogP contribution in [0.3, 0.4) is 0 Å². The molecule has 0 spiro atoms. The van der Waals surface area contributed by atoms with Gasteiger partial charge in [-0.05, 0) is 25.3 Å². The van der Waals surface area contributed by atoms with Gasteiger partial charge < -0.3 is 5.32 Å². The first-order valence-electron chi connectivity index (χ1n) is 5.10. The van der Waals surface area contributed by atoms with E-state index in [4.69, 9.17) is 11.6 Å². The number of alkyl halides is 1. The first-order chi connectivity index (χ1) is 7.16. The van der Waals surface area contributed by atoms with Crippen LogP contribution in [0, 0.1) is 6.92 Å². The molecule has 80 valence electrons. The summed E-state index contributed by atoms with van der Waals surface area (Å²) < 4.78 is 0. The minimum Gasteiger partial charge on any atom is -0.346 e. The molecule has 0 aliphatic heterocycles. The largest absolute Gasteiger partial charge is 0.346 e. The third-order valence-electron chi connectivity index (χ3n) is 2.82. The summed E-state index contributed by atoms with van der Waals surface area (Å²) in [5, 5.41) is 2.99. The Kier molecular flexibility index (Phi) is 2.70. The Morgan fingerprint density at radius 1 is 1.53 bits per heavy atom. The van der Waals surface area contributed by atoms with Crippen molar-refractivity contribution in [2.75, 3.05) is 5.88 Å². The molecule has 0 aromatic heterocycles. The van der Waals surface area contributed by atoms with E-state index in [2.05, 4.69) is 30.4 Å². The van der Waals surface area contributed by atoms with E-state index in [-0.39, 0.29) is 17.3 Å². The van der Waals surface area contributed by atoms with Crippen molar-refractivity contribution in [1.82, 2.24) is 5.32 Å². The van der Waals surface area contributed by atoms with Crippen LogP contribution < -0.4 is 5.32 Å². The average molecular weight is 224 g/mol. The number of nitrogens with one attached hydrogen (secondary N) is 1. The van der Waals surface area contributed by atoms with Crippen LogP contribution in [0.1, 0.15) is 24.0 Å². The molecule has 1 fully saturated rings. The fourth-order valence-corrected chi connectivity index (χ4v) is 1.92. The van der Waals surface area contributed by atoms with Gasteiger partial charge in [-0.25, -0.2) is 0 Å². The lowest BCUT2D eigenvalue weighted by atomic mass is 10.0. The van der Waals surface area contributed by atoms with Crippen molar-refractivity contribution in [1.29, 1.82) is 0 Å². The summed E-state index contributed by atoms with van der Waals surface area (Å²) in [6, 6.07) is 8.27. The summed E-state index contributed by atoms with van der Waals surface area (Å²) >= 11 is 5.49. The van der Waals surface area contributed by atoms with Crippen molar-refractivity contribution in [3.63, 3.8) is 0 Å². The molecule has 0 atom stereocenters. The Morgan fingerprint density at radius 3 is 2.80 bits per heavy atom. The van der Waals surface area contributed by atoms with Crippen molar-refractivity contribution in [2.45, 2.75) is 25.3 Å². The summed E-state index contributed by atoms with van der Waals surface area (Å²) in [6.07, 6.45) is 2.03. The maximum Gasteiger partial charge on any atom is 0.235 e. The molecule has 1 aliphatic rings. The van der Waals surface area contributed by atoms with E-state index in [1.807, 2.05) is 6.07 Å². The molecule has 0 bridgehead atoms. The van der Waals surface area contributed by atoms with Crippen LogP contribution in [0.5, 0.6) is 0 Å². The van der Waals surface area contributed by atoms with Crippen molar-refractivity contribution in [2.24, 2.45) is 0 Å². The van der Waals surface area contributed by atoms with Gasteiger partial charge in [-0.15, -0.1) is 11.6 Å². The predicted molar refractivity (Wildman–Crippen MR) is 61.0 cm³/mol. The lowest BCUT2D eigenvalue weighted by Crippen LogP contribution is -2.35. The van der Waals surface area contributed by atoms with Gasteiger partial charge in [0.2, 0.25) is 5.91 Å². The average Bonchev–Trinajstić information content (AvgIpc) is 2.99. The first-order valence-corrected chi connectivity index (χ1v) is 5.64. The van der Waals surface area contributed by atoms with E-state index < -0.39 is 0 Å². The molecule has 3 heteroatoms. The maximum atomic E-state index is 11.3. The van der Waals surface area contributed by atoms with Crippen LogP contribution in [0.15, 0.2) is 24.3 Å². The number of carbonyl (C=O) groups excluding carboxylic acids is 1. The molecule has 15 heavy (non-hydrogen) atoms. The number of rotatable bonds is 3. The lowest BCUT2D eigenvalue weighted by Gasteiger charge is -2.17. The first kappa shape index (κ1) is 10.5. The maximum absolute atomic E-state index is 11.3. The second-order valence-corrected chi connectivity index (χ2v) is 4.40. The van der Waals surface area contributed by atoms with Crippen LogP contribution in [-0.2, 0) is 10.3 Å². The molecule has 0 radical (unpaired) electrons. The zero-order valence-electron chi connectivity index (χ0n) is 8.72. The Bertz CT molecular complexity index is 385. The Morgan fingerprint density at radius 2 is 2.27 bits per heavy atom. The van der Waals surface area contributed by atoms with Gasteiger partial charge in [-0.2, -0.15) is 0 Å². The van der Waals surface area contributed by atoms with Crippen LogP contribution in [0.2, 0.25) is 0 Å². The van der Waals surface area contributed by atoms with Gasteiger partial charge in [0.1, 0.15) is 5.88 Å². The van der Waals surface area contributed by atoms with Crippen molar-refractivity contribution in [3.05, 3.63) is 35.4 Å². The number of halogens is 1. The van der Waals surface area contributed by atoms with Gasteiger partial charge in [0.05, 0.1) is 5.54 Å². The van der Waals surface area contributed by atoms with Gasteiger partial charge in [0.25, 0.3) is 0 Å². The van der Waals surface area contributed by atoms with Crippen molar-refractivity contribution < 1.29 is 4.79 Å². The molecular weight excluding hydrogens is 210 g/mol. The number of aryl methyl sites for hydroxylation is 1. The quantitative estimate of drug-likeness (QED) is 0.784. The molecule has 0 unspecified atom stereocenters. The van der Waals surface area contributed by atoms with Crippen molar-refractivity contribution >= 4 is 17.5 Å². The van der Waals surface area contributed by atoms with E-state index in [0.29, 0.717) is 0 Å². The minimum absolute atomic E-state index is 0.0353. The molecule has 2 rings (SSSR count). The fraction of sp³-hybridized carbons (Fsp3) is 0.417. The predicted octanol–water partition coefficient (Wildman–Crippen LogP) is 2.34. The van der Waals surface area contributed by atoms with Crippen LogP contribution >= 0.6 is 11.6 Å². The summed E-state index contributed by atoms with van der Waals surface area (Å²) in [4.78, 5) is 11.3. The third-order valence-corrected chi connectivity index (χ3v) is 3.06. The molecule has 0 saturated heterocycles. The highest BCUT2D eigenvalue weighted by Crippen LogP contribution is 2.45. The van der Waals surface area contributed by atoms with E-state index in [9.17, 15) is 4.79 Å². The molecule has 1 saturated carbocycles. The lowest BCUT2D eigenvalue weighted by molar-refractivity contribution is -0.119. The molecule has 1 aliphatic carbocycles. The smallest absolute Gasteiger partial charge is 0.235 e. The summed E-state index contributed by atoms with van der Waals surface area (Å²) in [5.74, 6) is -0.0521. The van der Waals surface area contributed by atoms with Gasteiger partial charge >= 0.3 is 0 Å². The molecule has 1 amide bonds. The zero-order chi connectivity index (χ0) is 10.9. The molecular formula is C12H14ClNO. The van der Waals surface area contributed by atoms with E-state index in [0.717, 1.165) is 12.8 Å². The Labute approximate surface area is 94.6 Å². The number of benzene rings is 1. The standard InChI is InChI=1S/C12H14ClNO/c1-9-3-2-4-10(7-9)12(5-6-12)14-11(15)8-13/h2-4,7H,5-6,8H2,1H3,(H,14,15). The van der Waals surface area contributed by atoms with E-state index in [1.54, 1.807) is 0 Å². The molecule has 0 heterocycles. The van der Waals surface area contributed by atoms with E-state index >= 15 is 0 Å². The monoisotopic (exact) mass is 223 g/mol. The molecule has 2 nitrogen and oxygen atoms in total. The number of hydrogen-bond donors (Lipinski definition) is 1. The highest BCUT2D eigenvalue weighted by Gasteiger charge is 2.45. The van der Waals surface area contributed by atoms with E-state index in [1.165, 1.54) is 11.1 Å². The topological polar surface area (TPSA) is 29.1 Å². The van der Waals surface area contributed by atoms with Crippen LogP contribution in [-0.4, -0.2) is 11.8 Å². The Balaban J connectivity index is 2.19. The van der Waals surface area contributed by atoms with Gasteiger partial charge in [-0.1, -0.05) is 29.8 Å². The second kappa shape index (κ2) is 3.86. The van der Waals surface area contributed by atoms with Crippen LogP contribution in [0.4, 0.5) is 0 Å². The minimum atomic E-state index is -0.127. The van der Waals surface area contributed by atoms with Crippen molar-refractivity contribution in [3.8, 4) is 0 Å². The number of hydrogen-bond acceptors (Lipinski definition) is 1. The summed E-state index contributed by atoms with van der Waals surface area (Å²) in [7, 11) is 0. The highest BCUT2D eigenvalue weighted by molar-refractivity contribution is 6.27. The number of carbonyl (C=O) groups is 1. The summed E-state index contributed by atoms with van der Waals surface area (Å²) in [5.41, 5.74) is 2.29. The number of amides is 1. The summed E-state index contributed by atoms with van der Waals surface area (Å²) in [6.45, 7) is 2.06. The normalized spacial score (nSPS) is 17.2. The van der Waals surface area contributed by atoms with Crippen LogP contribution in [0.25, 0.3) is 0 Å². The fourth-order valence-electron chi connectivity index (χ4n) is 1.85. The Hall–Kier alpha value is -1.02. The SMILES string of the molecule is Cc1cccc(C2(NC(=O)CCl)CC2)c1. The van der Waals surface area contributed by atoms with Gasteiger partial charge in [0, 0.05) is 0 Å². The van der Waals surface area contributed by atoms with Gasteiger partial charge in [0.15, 0.2) is 0 Å². The third kappa shape index (κ3) is 2.15.